The van der Waals surface area contributed by atoms with Gasteiger partial charge in [0.1, 0.15) is 0 Å². The van der Waals surface area contributed by atoms with Crippen molar-refractivity contribution in [2.75, 3.05) is 0 Å². The Kier molecular flexibility index (Phi) is 4.14. The Hall–Kier alpha value is -1.63. The van der Waals surface area contributed by atoms with E-state index in [1.165, 1.54) is 0 Å². The molecule has 0 spiro atoms. The fourth-order valence-electron chi connectivity index (χ4n) is 1.41. The third-order valence-corrected chi connectivity index (χ3v) is 6.58. The summed E-state index contributed by atoms with van der Waals surface area (Å²) in [6.07, 6.45) is 0. The summed E-state index contributed by atoms with van der Waals surface area (Å²) >= 11 is -1.76. The molecule has 0 unspecified atom stereocenters. The van der Waals surface area contributed by atoms with Crippen molar-refractivity contribution in [3.05, 3.63) is 59.7 Å². The van der Waals surface area contributed by atoms with Gasteiger partial charge in [0.2, 0.25) is 0 Å². The van der Waals surface area contributed by atoms with E-state index in [1.807, 2.05) is 36.4 Å². The molecule has 0 aliphatic heterocycles. The van der Waals surface area contributed by atoms with Crippen LogP contribution in [0.1, 0.15) is 11.1 Å². The van der Waals surface area contributed by atoms with Gasteiger partial charge in [-0.3, -0.25) is 0 Å². The molecule has 2 aromatic carbocycles. The van der Waals surface area contributed by atoms with Gasteiger partial charge in [-0.25, -0.2) is 0 Å². The summed E-state index contributed by atoms with van der Waals surface area (Å²) < 4.78 is 1.69. The van der Waals surface area contributed by atoms with E-state index in [-0.39, 0.29) is 0 Å². The van der Waals surface area contributed by atoms with E-state index in [1.54, 1.807) is 12.1 Å². The van der Waals surface area contributed by atoms with E-state index >= 15 is 0 Å². The average Bonchev–Trinajstić information content (AvgIpc) is 2.46. The van der Waals surface area contributed by atoms with Gasteiger partial charge in [0.25, 0.3) is 0 Å². The second kappa shape index (κ2) is 5.81. The minimum absolute atomic E-state index is 0.584. The van der Waals surface area contributed by atoms with Gasteiger partial charge in [0.15, 0.2) is 0 Å². The van der Waals surface area contributed by atoms with Gasteiger partial charge in [0.05, 0.1) is 0 Å². The molecule has 0 aliphatic carbocycles. The predicted octanol–water partition coefficient (Wildman–Crippen LogP) is 2.15. The molecule has 2 rings (SSSR count). The number of rotatable bonds is 2. The first-order valence-electron chi connectivity index (χ1n) is 5.04. The average molecular weight is 346 g/mol. The van der Waals surface area contributed by atoms with Crippen LogP contribution in [0.4, 0.5) is 0 Å². The van der Waals surface area contributed by atoms with Crippen LogP contribution < -0.4 is 8.07 Å². The predicted molar refractivity (Wildman–Crippen MR) is 67.4 cm³/mol. The Morgan fingerprint density at radius 1 is 0.778 bits per heavy atom. The molecule has 91 valence electrons. The quantitative estimate of drug-likeness (QED) is 0.783. The van der Waals surface area contributed by atoms with E-state index in [2.05, 4.69) is 12.1 Å². The van der Waals surface area contributed by atoms with Gasteiger partial charge in [-0.05, 0) is 0 Å². The molecule has 0 amide bonds. The zero-order valence-electron chi connectivity index (χ0n) is 9.21. The van der Waals surface area contributed by atoms with Crippen LogP contribution in [0.3, 0.4) is 0 Å². The number of nitriles is 2. The second-order valence-corrected chi connectivity index (χ2v) is 7.38. The summed E-state index contributed by atoms with van der Waals surface area (Å²) in [5.74, 6) is 0. The molecule has 2 nitrogen and oxygen atoms in total. The first kappa shape index (κ1) is 12.8. The number of benzene rings is 2. The van der Waals surface area contributed by atoms with Crippen molar-refractivity contribution in [2.24, 2.45) is 0 Å². The monoisotopic (exact) mass is 345 g/mol. The molecule has 0 aromatic heterocycles. The van der Waals surface area contributed by atoms with Gasteiger partial charge in [-0.15, -0.1) is 0 Å². The van der Waals surface area contributed by atoms with Gasteiger partial charge >= 0.3 is 116 Å². The molecule has 2 aromatic rings. The molecular formula is C14H8ClN2Pd. The van der Waals surface area contributed by atoms with Gasteiger partial charge in [-0.2, -0.15) is 0 Å². The van der Waals surface area contributed by atoms with Crippen molar-refractivity contribution in [1.82, 2.24) is 0 Å². The SMILES string of the molecule is N#Cc1cccc[c]1[Pd]([Cl])[c]1ccccc1C#N. The first-order valence-corrected chi connectivity index (χ1v) is 8.59. The molecule has 18 heavy (non-hydrogen) atoms. The molecule has 0 radical (unpaired) electrons. The third-order valence-electron chi connectivity index (χ3n) is 2.23. The van der Waals surface area contributed by atoms with E-state index < -0.39 is 15.7 Å². The Bertz CT molecular complexity index is 598. The van der Waals surface area contributed by atoms with E-state index in [4.69, 9.17) is 20.1 Å². The summed E-state index contributed by atoms with van der Waals surface area (Å²) in [6, 6.07) is 18.9. The van der Waals surface area contributed by atoms with Crippen molar-refractivity contribution in [3.8, 4) is 12.1 Å². The van der Waals surface area contributed by atoms with E-state index in [0.29, 0.717) is 11.1 Å². The number of hydrogen-bond donors (Lipinski definition) is 0. The van der Waals surface area contributed by atoms with Crippen LogP contribution in [-0.4, -0.2) is 0 Å². The molecule has 0 N–H and O–H groups in total. The molecule has 0 bridgehead atoms. The number of nitrogens with zero attached hydrogens (tertiary/aromatic N) is 2. The maximum absolute atomic E-state index is 9.09. The zero-order chi connectivity index (χ0) is 13.0. The normalized spacial score (nSPS) is 10.3. The van der Waals surface area contributed by atoms with Crippen molar-refractivity contribution in [3.63, 3.8) is 0 Å². The zero-order valence-corrected chi connectivity index (χ0v) is 11.5. The summed E-state index contributed by atoms with van der Waals surface area (Å²) in [5.41, 5.74) is 1.17. The minimum atomic E-state index is -1.76. The molecule has 0 aliphatic rings. The Morgan fingerprint density at radius 3 is 1.56 bits per heavy atom. The van der Waals surface area contributed by atoms with Crippen LogP contribution in [0, 0.1) is 22.7 Å². The van der Waals surface area contributed by atoms with Crippen LogP contribution in [0.25, 0.3) is 0 Å². The molecular weight excluding hydrogens is 338 g/mol. The summed E-state index contributed by atoms with van der Waals surface area (Å²) in [5, 5.41) is 18.2. The van der Waals surface area contributed by atoms with Crippen LogP contribution in [0.2, 0.25) is 0 Å². The first-order chi connectivity index (χ1) is 8.77. The van der Waals surface area contributed by atoms with Crippen LogP contribution in [-0.2, 0) is 15.7 Å². The van der Waals surface area contributed by atoms with E-state index in [0.717, 1.165) is 8.07 Å². The molecule has 4 heteroatoms. The molecule has 0 saturated carbocycles. The molecule has 0 atom stereocenters. The van der Waals surface area contributed by atoms with Gasteiger partial charge < -0.3 is 0 Å². The standard InChI is InChI=1S/2C7H4N.ClH.Pd/c2*8-6-7-4-2-1-3-5-7;;/h2*1-4H;1H;/q;;;+1/p-1. The fourth-order valence-corrected chi connectivity index (χ4v) is 5.02. The number of hydrogen-bond acceptors (Lipinski definition) is 2. The van der Waals surface area contributed by atoms with Crippen LogP contribution >= 0.6 is 9.53 Å². The fraction of sp³-hybridized carbons (Fsp3) is 0. The second-order valence-electron chi connectivity index (χ2n) is 3.32. The van der Waals surface area contributed by atoms with Crippen LogP contribution in [0.5, 0.6) is 0 Å². The summed E-state index contributed by atoms with van der Waals surface area (Å²) in [6.45, 7) is 0. The van der Waals surface area contributed by atoms with Crippen molar-refractivity contribution in [1.29, 1.82) is 10.5 Å². The topological polar surface area (TPSA) is 47.6 Å². The van der Waals surface area contributed by atoms with Gasteiger partial charge in [-0.1, -0.05) is 0 Å². The summed E-state index contributed by atoms with van der Waals surface area (Å²) in [4.78, 5) is 0. The Balaban J connectivity index is 2.53. The maximum atomic E-state index is 9.09. The van der Waals surface area contributed by atoms with Crippen molar-refractivity contribution < 1.29 is 15.7 Å². The summed E-state index contributed by atoms with van der Waals surface area (Å²) in [7, 11) is 6.51. The van der Waals surface area contributed by atoms with Gasteiger partial charge in [0, 0.05) is 0 Å². The molecule has 0 fully saturated rings. The Morgan fingerprint density at radius 2 is 1.17 bits per heavy atom. The number of halogens is 1. The van der Waals surface area contributed by atoms with Crippen LogP contribution in [0.15, 0.2) is 48.5 Å². The molecule has 0 heterocycles. The third kappa shape index (κ3) is 2.45. The van der Waals surface area contributed by atoms with Crippen molar-refractivity contribution >= 4 is 17.6 Å². The van der Waals surface area contributed by atoms with E-state index in [9.17, 15) is 0 Å². The molecule has 0 saturated heterocycles. The van der Waals surface area contributed by atoms with Crippen molar-refractivity contribution in [2.45, 2.75) is 0 Å². The Labute approximate surface area is 115 Å².